The van der Waals surface area contributed by atoms with Crippen LogP contribution in [0.15, 0.2) is 66.5 Å². The predicted octanol–water partition coefficient (Wildman–Crippen LogP) is 5.15. The fourth-order valence-corrected chi connectivity index (χ4v) is 2.76. The number of aliphatic hydroxyl groups is 1. The van der Waals surface area contributed by atoms with Crippen LogP contribution in [0.5, 0.6) is 0 Å². The molecule has 1 nitrogen and oxygen atoms in total. The molecule has 0 aliphatic carbocycles. The molecule has 0 fully saturated rings. The highest BCUT2D eigenvalue weighted by Gasteiger charge is 2.25. The summed E-state index contributed by atoms with van der Waals surface area (Å²) in [6, 6.07) is 17.6. The third-order valence-corrected chi connectivity index (χ3v) is 4.11. The molecule has 0 bridgehead atoms. The number of halogens is 1. The van der Waals surface area contributed by atoms with Gasteiger partial charge in [0.15, 0.2) is 0 Å². The second kappa shape index (κ2) is 7.90. The van der Waals surface area contributed by atoms with Gasteiger partial charge in [-0.15, -0.1) is 0 Å². The van der Waals surface area contributed by atoms with E-state index in [1.165, 1.54) is 6.08 Å². The lowest BCUT2D eigenvalue weighted by Gasteiger charge is -2.23. The van der Waals surface area contributed by atoms with E-state index in [2.05, 4.69) is 0 Å². The van der Waals surface area contributed by atoms with Gasteiger partial charge in [0.2, 0.25) is 0 Å². The van der Waals surface area contributed by atoms with Crippen molar-refractivity contribution in [1.82, 2.24) is 0 Å². The Hall–Kier alpha value is -1.93. The Kier molecular flexibility index (Phi) is 5.91. The van der Waals surface area contributed by atoms with Gasteiger partial charge in [-0.2, -0.15) is 0 Å². The third-order valence-electron chi connectivity index (χ3n) is 4.11. The quantitative estimate of drug-likeness (QED) is 0.782. The zero-order valence-corrected chi connectivity index (χ0v) is 13.2. The number of aryl methyl sites for hydroxylation is 2. The van der Waals surface area contributed by atoms with Gasteiger partial charge in [0.05, 0.1) is 6.10 Å². The van der Waals surface area contributed by atoms with E-state index in [0.29, 0.717) is 6.42 Å². The van der Waals surface area contributed by atoms with Crippen molar-refractivity contribution in [3.8, 4) is 0 Å². The minimum Gasteiger partial charge on any atom is -0.388 e. The van der Waals surface area contributed by atoms with E-state index in [0.717, 1.165) is 23.1 Å². The van der Waals surface area contributed by atoms with Crippen molar-refractivity contribution in [3.63, 3.8) is 0 Å². The number of hydrogen-bond acceptors (Lipinski definition) is 1. The molecule has 0 saturated carbocycles. The van der Waals surface area contributed by atoms with Crippen molar-refractivity contribution in [2.24, 2.45) is 5.92 Å². The van der Waals surface area contributed by atoms with E-state index < -0.39 is 12.0 Å². The van der Waals surface area contributed by atoms with Crippen molar-refractivity contribution in [1.29, 1.82) is 0 Å². The molecule has 2 aromatic rings. The number of allylic oxidation sites excluding steroid dienone is 1. The molecule has 0 radical (unpaired) electrons. The van der Waals surface area contributed by atoms with Crippen LogP contribution in [0.25, 0.3) is 0 Å². The minimum atomic E-state index is -0.818. The van der Waals surface area contributed by atoms with Crippen LogP contribution in [0, 0.1) is 12.8 Å². The highest BCUT2D eigenvalue weighted by Crippen LogP contribution is 2.33. The summed E-state index contributed by atoms with van der Waals surface area (Å²) in [5.41, 5.74) is 2.95. The van der Waals surface area contributed by atoms with Crippen LogP contribution in [0.3, 0.4) is 0 Å². The topological polar surface area (TPSA) is 20.2 Å². The second-order valence-corrected chi connectivity index (χ2v) is 5.61. The van der Waals surface area contributed by atoms with Gasteiger partial charge >= 0.3 is 0 Å². The van der Waals surface area contributed by atoms with Crippen molar-refractivity contribution in [2.45, 2.75) is 32.8 Å². The summed E-state index contributed by atoms with van der Waals surface area (Å²) >= 11 is 0. The number of benzene rings is 2. The summed E-state index contributed by atoms with van der Waals surface area (Å²) in [6.07, 6.45) is 1.96. The normalized spacial score (nSPS) is 14.6. The fourth-order valence-electron chi connectivity index (χ4n) is 2.76. The van der Waals surface area contributed by atoms with Crippen LogP contribution in [-0.2, 0) is 6.42 Å². The van der Waals surface area contributed by atoms with Gasteiger partial charge < -0.3 is 5.11 Å². The molecule has 1 N–H and O–H groups in total. The molecule has 2 rings (SSSR count). The maximum atomic E-state index is 14.3. The van der Waals surface area contributed by atoms with Crippen LogP contribution >= 0.6 is 0 Å². The maximum Gasteiger partial charge on any atom is 0.102 e. The summed E-state index contributed by atoms with van der Waals surface area (Å²) in [7, 11) is 0. The van der Waals surface area contributed by atoms with Gasteiger partial charge in [-0.25, -0.2) is 4.39 Å². The van der Waals surface area contributed by atoms with E-state index in [-0.39, 0.29) is 5.83 Å². The first-order valence-electron chi connectivity index (χ1n) is 7.72. The summed E-state index contributed by atoms with van der Waals surface area (Å²) in [4.78, 5) is 0. The summed E-state index contributed by atoms with van der Waals surface area (Å²) < 4.78 is 14.3. The smallest absolute Gasteiger partial charge is 0.102 e. The van der Waals surface area contributed by atoms with Crippen molar-refractivity contribution in [3.05, 3.63) is 83.2 Å². The molecule has 0 aliphatic rings. The average molecular weight is 298 g/mol. The van der Waals surface area contributed by atoms with E-state index in [9.17, 15) is 9.50 Å². The van der Waals surface area contributed by atoms with Crippen LogP contribution in [0.2, 0.25) is 0 Å². The zero-order chi connectivity index (χ0) is 15.9. The highest BCUT2D eigenvalue weighted by atomic mass is 19.1. The standard InChI is InChI=1S/C20H23FO/c1-3-19(21)18(14-13-16-10-5-4-6-11-16)20(22)17-12-8-7-9-15(17)2/h3-12,18,20,22H,13-14H2,1-2H3/b19-3-/t18-,20+/m1/s1. The molecule has 22 heavy (non-hydrogen) atoms. The first kappa shape index (κ1) is 16.4. The lowest BCUT2D eigenvalue weighted by Crippen LogP contribution is -2.15. The van der Waals surface area contributed by atoms with Crippen LogP contribution < -0.4 is 0 Å². The van der Waals surface area contributed by atoms with E-state index in [1.54, 1.807) is 6.92 Å². The molecule has 0 aromatic heterocycles. The summed E-state index contributed by atoms with van der Waals surface area (Å²) in [5.74, 6) is -0.752. The van der Waals surface area contributed by atoms with Crippen LogP contribution in [0.1, 0.15) is 36.1 Å². The molecular weight excluding hydrogens is 275 g/mol. The lowest BCUT2D eigenvalue weighted by molar-refractivity contribution is 0.108. The van der Waals surface area contributed by atoms with Gasteiger partial charge in [0.25, 0.3) is 0 Å². The lowest BCUT2D eigenvalue weighted by atomic mass is 9.87. The highest BCUT2D eigenvalue weighted by molar-refractivity contribution is 5.29. The molecule has 0 spiro atoms. The zero-order valence-electron chi connectivity index (χ0n) is 13.2. The average Bonchev–Trinajstić information content (AvgIpc) is 2.56. The SMILES string of the molecule is C/C=C(\F)[C@@H](CCc1ccccc1)[C@@H](O)c1ccccc1C. The van der Waals surface area contributed by atoms with E-state index >= 15 is 0 Å². The van der Waals surface area contributed by atoms with Gasteiger partial charge in [-0.05, 0) is 43.4 Å². The van der Waals surface area contributed by atoms with Crippen LogP contribution in [0.4, 0.5) is 4.39 Å². The fraction of sp³-hybridized carbons (Fsp3) is 0.300. The largest absolute Gasteiger partial charge is 0.388 e. The Morgan fingerprint density at radius 2 is 1.73 bits per heavy atom. The number of hydrogen-bond donors (Lipinski definition) is 1. The molecule has 2 heteroatoms. The molecule has 116 valence electrons. The molecule has 2 aromatic carbocycles. The van der Waals surface area contributed by atoms with Gasteiger partial charge in [-0.3, -0.25) is 0 Å². The second-order valence-electron chi connectivity index (χ2n) is 5.61. The maximum absolute atomic E-state index is 14.3. The van der Waals surface area contributed by atoms with Crippen molar-refractivity contribution < 1.29 is 9.50 Å². The predicted molar refractivity (Wildman–Crippen MR) is 89.3 cm³/mol. The van der Waals surface area contributed by atoms with Gasteiger partial charge in [0.1, 0.15) is 5.83 Å². The number of rotatable bonds is 6. The Morgan fingerprint density at radius 1 is 1.09 bits per heavy atom. The Balaban J connectivity index is 2.18. The van der Waals surface area contributed by atoms with E-state index in [1.807, 2.05) is 61.5 Å². The number of aliphatic hydroxyl groups excluding tert-OH is 1. The van der Waals surface area contributed by atoms with Gasteiger partial charge in [0, 0.05) is 5.92 Å². The summed E-state index contributed by atoms with van der Waals surface area (Å²) in [6.45, 7) is 3.62. The van der Waals surface area contributed by atoms with Crippen molar-refractivity contribution >= 4 is 0 Å². The molecule has 0 unspecified atom stereocenters. The molecule has 2 atom stereocenters. The van der Waals surface area contributed by atoms with Crippen LogP contribution in [-0.4, -0.2) is 5.11 Å². The first-order chi connectivity index (χ1) is 10.6. The van der Waals surface area contributed by atoms with Crippen molar-refractivity contribution in [2.75, 3.05) is 0 Å². The minimum absolute atomic E-state index is 0.244. The molecule has 0 amide bonds. The Labute approximate surface area is 132 Å². The van der Waals surface area contributed by atoms with E-state index in [4.69, 9.17) is 0 Å². The molecule has 0 heterocycles. The molecular formula is C20H23FO. The van der Waals surface area contributed by atoms with Gasteiger partial charge in [-0.1, -0.05) is 60.7 Å². The Morgan fingerprint density at radius 3 is 2.36 bits per heavy atom. The third kappa shape index (κ3) is 4.05. The molecule has 0 aliphatic heterocycles. The first-order valence-corrected chi connectivity index (χ1v) is 7.72. The molecule has 0 saturated heterocycles. The monoisotopic (exact) mass is 298 g/mol. The Bertz CT molecular complexity index is 619. The summed E-state index contributed by atoms with van der Waals surface area (Å²) in [5, 5.41) is 10.7.